The fourth-order valence-electron chi connectivity index (χ4n) is 13.3. The first-order valence-electron chi connectivity index (χ1n) is 40.7. The number of aromatic nitrogens is 8. The Morgan fingerprint density at radius 2 is 0.626 bits per heavy atom. The molecular formula is C93H124N10O12. The third-order valence-electron chi connectivity index (χ3n) is 19.1. The number of rotatable bonds is 41. The fraction of sp³-hybridized carbons (Fsp3) is 0.441. The van der Waals surface area contributed by atoms with Crippen LogP contribution in [0, 0.1) is 23.7 Å². The van der Waals surface area contributed by atoms with Crippen LogP contribution in [0.2, 0.25) is 0 Å². The predicted octanol–water partition coefficient (Wildman–Crippen LogP) is 18.7. The molecule has 0 radical (unpaired) electrons. The van der Waals surface area contributed by atoms with Crippen LogP contribution in [0.5, 0.6) is 63.2 Å². The highest BCUT2D eigenvalue weighted by Gasteiger charge is 2.20. The molecule has 0 atom stereocenters. The van der Waals surface area contributed by atoms with E-state index in [4.69, 9.17) is 77.1 Å². The quantitative estimate of drug-likeness (QED) is 0.0379. The zero-order valence-corrected chi connectivity index (χ0v) is 71.0. The number of imidazole rings is 4. The molecule has 4 heterocycles. The lowest BCUT2D eigenvalue weighted by atomic mass is 10.1. The predicted molar refractivity (Wildman–Crippen MR) is 461 cm³/mol. The number of hydrogen-bond donors (Lipinski definition) is 1. The molecule has 0 spiro atoms. The van der Waals surface area contributed by atoms with Gasteiger partial charge in [0.05, 0.1) is 85.8 Å². The molecule has 618 valence electrons. The first kappa shape index (κ1) is 88.3. The molecule has 0 saturated carbocycles. The minimum atomic E-state index is -0.0110. The first-order chi connectivity index (χ1) is 55.8. The van der Waals surface area contributed by atoms with Gasteiger partial charge in [-0.25, -0.2) is 19.9 Å². The molecule has 0 saturated heterocycles. The Morgan fingerprint density at radius 3 is 1.00 bits per heavy atom. The number of aliphatic hydroxyl groups is 1. The summed E-state index contributed by atoms with van der Waals surface area (Å²) in [5.41, 5.74) is 9.35. The summed E-state index contributed by atoms with van der Waals surface area (Å²) in [6, 6.07) is 55.4. The van der Waals surface area contributed by atoms with E-state index in [1.807, 2.05) is 127 Å². The average molecular weight is 1570 g/mol. The molecule has 22 heteroatoms. The van der Waals surface area contributed by atoms with Crippen molar-refractivity contribution >= 4 is 44.1 Å². The molecule has 12 rings (SSSR count). The lowest BCUT2D eigenvalue weighted by Gasteiger charge is -2.18. The molecule has 115 heavy (non-hydrogen) atoms. The highest BCUT2D eigenvalue weighted by atomic mass is 16.5. The Bertz CT molecular complexity index is 4850. The number of methoxy groups -OCH3 is 4. The van der Waals surface area contributed by atoms with Crippen molar-refractivity contribution in [2.75, 3.05) is 101 Å². The molecule has 12 aromatic rings. The lowest BCUT2D eigenvalue weighted by Crippen LogP contribution is -2.27. The number of likely N-dealkylation sites (N-methyl/N-ethyl adjacent to an activating group) is 2. The molecule has 22 nitrogen and oxygen atoms in total. The van der Waals surface area contributed by atoms with Crippen molar-refractivity contribution in [3.63, 3.8) is 0 Å². The number of benzene rings is 8. The van der Waals surface area contributed by atoms with E-state index in [-0.39, 0.29) is 13.2 Å². The van der Waals surface area contributed by atoms with Gasteiger partial charge in [0.1, 0.15) is 126 Å². The van der Waals surface area contributed by atoms with Crippen molar-refractivity contribution < 1.29 is 57.2 Å². The van der Waals surface area contributed by atoms with Gasteiger partial charge in [0.2, 0.25) is 0 Å². The summed E-state index contributed by atoms with van der Waals surface area (Å²) in [6.07, 6.45) is 1.76. The summed E-state index contributed by atoms with van der Waals surface area (Å²) in [5, 5.41) is 8.97. The van der Waals surface area contributed by atoms with Crippen molar-refractivity contribution in [3.05, 3.63) is 199 Å². The van der Waals surface area contributed by atoms with Crippen LogP contribution in [-0.4, -0.2) is 154 Å². The van der Waals surface area contributed by atoms with Gasteiger partial charge in [0.15, 0.2) is 0 Å². The Labute approximate surface area is 681 Å². The van der Waals surface area contributed by atoms with Crippen molar-refractivity contribution in [1.29, 1.82) is 0 Å². The summed E-state index contributed by atoms with van der Waals surface area (Å²) < 4.78 is 71.5. The van der Waals surface area contributed by atoms with E-state index in [0.717, 1.165) is 209 Å². The standard InChI is InChI=1S/C25H35N3O3.C25H35N3O2.C22H28N2O3.C21H26N2O4/c1-6-27(7-2)13-14-30-22-11-12-24-23(16-22)26-25(28(24)17-19(3)4)18-31-21-10-8-9-20(15-21)29-5;1-6-27(7-2)13-14-30-22-11-12-24-23(17-22)26-25(28(24)18-19(3)4)16-20-9-8-10-21(15-20)29-5;1-5-11-26-19-9-10-21-20(13-19)23-22(24(21)14-16(2)3)15-27-18-8-6-7-17(12-18)25-4;1-15(2)13-23-20-12-18(26-10-9-24)7-8-19(20)22-21(23)14-27-17-6-4-5-16(11-17)25-3/h8-12,15-16,19H,6-7,13-14,17-18H2,1-5H3;8-12,15,17,19H,6-7,13-14,16,18H2,1-5H3;6-10,12-13,16H,5,11,14-15H2,1-4H3;4-8,11-12,15,24H,9-10,13-14H2,1-3H3. The SMILES string of the molecule is CCCOc1ccc2c(c1)nc(COc1cccc(OC)c1)n2CC(C)C.CCN(CC)CCOc1ccc2c(c1)nc(COc1cccc(OC)c1)n2CC(C)C.CCN(CC)CCOc1ccc2c(c1)nc(Cc1cccc(OC)c1)n2CC(C)C.COc1cccc(OCc2nc3ccc(OCCO)cc3n2CC(C)C)c1. The van der Waals surface area contributed by atoms with Gasteiger partial charge in [-0.2, -0.15) is 0 Å². The zero-order chi connectivity index (χ0) is 82.2. The van der Waals surface area contributed by atoms with E-state index >= 15 is 0 Å². The second-order valence-corrected chi connectivity index (χ2v) is 29.8. The Balaban J connectivity index is 0.000000176. The summed E-state index contributed by atoms with van der Waals surface area (Å²) in [5.74, 6) is 14.6. The van der Waals surface area contributed by atoms with Crippen LogP contribution in [0.1, 0.15) is 125 Å². The Hall–Kier alpha value is -10.7. The van der Waals surface area contributed by atoms with E-state index in [9.17, 15) is 0 Å². The molecular weight excluding hydrogens is 1450 g/mol. The van der Waals surface area contributed by atoms with Crippen LogP contribution in [0.4, 0.5) is 0 Å². The second kappa shape index (κ2) is 45.4. The zero-order valence-electron chi connectivity index (χ0n) is 71.0. The van der Waals surface area contributed by atoms with Crippen LogP contribution in [0.15, 0.2) is 170 Å². The molecule has 1 N–H and O–H groups in total. The first-order valence-corrected chi connectivity index (χ1v) is 40.7. The number of nitrogens with zero attached hydrogens (tertiary/aromatic N) is 10. The van der Waals surface area contributed by atoms with Crippen LogP contribution < -0.4 is 52.1 Å². The van der Waals surface area contributed by atoms with E-state index in [1.165, 1.54) is 5.56 Å². The molecule has 0 fully saturated rings. The van der Waals surface area contributed by atoms with Crippen molar-refractivity contribution in [1.82, 2.24) is 48.0 Å². The van der Waals surface area contributed by atoms with Crippen LogP contribution in [0.25, 0.3) is 44.1 Å². The number of ether oxygens (including phenoxy) is 11. The second-order valence-electron chi connectivity index (χ2n) is 29.8. The number of fused-ring (bicyclic) bond motifs is 4. The topological polar surface area (TPSA) is 200 Å². The Kier molecular flexibility index (Phi) is 34.9. The van der Waals surface area contributed by atoms with Crippen molar-refractivity contribution in [3.8, 4) is 63.2 Å². The van der Waals surface area contributed by atoms with Gasteiger partial charge in [-0.3, -0.25) is 0 Å². The van der Waals surface area contributed by atoms with E-state index in [1.54, 1.807) is 28.4 Å². The average Bonchev–Trinajstić information content (AvgIpc) is 1.66. The van der Waals surface area contributed by atoms with Gasteiger partial charge in [-0.1, -0.05) is 120 Å². The van der Waals surface area contributed by atoms with Gasteiger partial charge in [0, 0.05) is 88.2 Å². The van der Waals surface area contributed by atoms with Gasteiger partial charge in [-0.15, -0.1) is 0 Å². The van der Waals surface area contributed by atoms with Gasteiger partial charge in [-0.05, 0) is 159 Å². The molecule has 0 unspecified atom stereocenters. The van der Waals surface area contributed by atoms with E-state index in [0.29, 0.717) is 63.3 Å². The smallest absolute Gasteiger partial charge is 0.148 e. The van der Waals surface area contributed by atoms with Gasteiger partial charge < -0.3 is 85.3 Å². The van der Waals surface area contributed by atoms with Gasteiger partial charge in [0.25, 0.3) is 0 Å². The maximum atomic E-state index is 8.97. The molecule has 0 bridgehead atoms. The minimum absolute atomic E-state index is 0.0110. The van der Waals surface area contributed by atoms with Gasteiger partial charge >= 0.3 is 0 Å². The van der Waals surface area contributed by atoms with Crippen LogP contribution >= 0.6 is 0 Å². The maximum Gasteiger partial charge on any atom is 0.148 e. The van der Waals surface area contributed by atoms with E-state index < -0.39 is 0 Å². The molecule has 4 aromatic heterocycles. The summed E-state index contributed by atoms with van der Waals surface area (Å²) in [7, 11) is 6.65. The molecule has 0 amide bonds. The van der Waals surface area contributed by atoms with Crippen LogP contribution in [-0.2, 0) is 52.4 Å². The molecule has 0 aliphatic heterocycles. The summed E-state index contributed by atoms with van der Waals surface area (Å²) in [4.78, 5) is 24.1. The van der Waals surface area contributed by atoms with Crippen LogP contribution in [0.3, 0.4) is 0 Å². The maximum absolute atomic E-state index is 8.97. The fourth-order valence-corrected chi connectivity index (χ4v) is 13.3. The number of aliphatic hydroxyl groups excluding tert-OH is 1. The number of hydrogen-bond acceptors (Lipinski definition) is 18. The molecule has 0 aliphatic rings. The third kappa shape index (κ3) is 26.4. The molecule has 8 aromatic carbocycles. The minimum Gasteiger partial charge on any atom is -0.497 e. The van der Waals surface area contributed by atoms with Crippen molar-refractivity contribution in [2.24, 2.45) is 23.7 Å². The monoisotopic (exact) mass is 1570 g/mol. The van der Waals surface area contributed by atoms with E-state index in [2.05, 4.69) is 161 Å². The highest BCUT2D eigenvalue weighted by Crippen LogP contribution is 2.32. The largest absolute Gasteiger partial charge is 0.497 e. The summed E-state index contributed by atoms with van der Waals surface area (Å²) >= 11 is 0. The third-order valence-corrected chi connectivity index (χ3v) is 19.1. The normalized spacial score (nSPS) is 11.3. The Morgan fingerprint density at radius 1 is 0.313 bits per heavy atom. The lowest BCUT2D eigenvalue weighted by molar-refractivity contribution is 0.201. The van der Waals surface area contributed by atoms with Crippen molar-refractivity contribution in [2.45, 2.75) is 149 Å². The highest BCUT2D eigenvalue weighted by molar-refractivity contribution is 5.80. The molecule has 0 aliphatic carbocycles. The summed E-state index contributed by atoms with van der Waals surface area (Å²) in [6.45, 7) is 41.5.